The lowest BCUT2D eigenvalue weighted by atomic mass is 10.2. The minimum absolute atomic E-state index is 0.251. The molecular weight excluding hydrogens is 286 g/mol. The first-order chi connectivity index (χ1) is 11.3. The fourth-order valence-electron chi connectivity index (χ4n) is 2.64. The minimum Gasteiger partial charge on any atom is -0.340 e. The smallest absolute Gasteiger partial charge is 0.223 e. The largest absolute Gasteiger partial charge is 0.340 e. The first-order valence-electron chi connectivity index (χ1n) is 8.33. The number of carbonyl (C=O) groups excluding carboxylic acids is 1. The van der Waals surface area contributed by atoms with Crippen molar-refractivity contribution < 1.29 is 4.79 Å². The molecule has 1 heterocycles. The van der Waals surface area contributed by atoms with Crippen LogP contribution in [0.5, 0.6) is 0 Å². The Kier molecular flexibility index (Phi) is 7.57. The van der Waals surface area contributed by atoms with E-state index in [0.29, 0.717) is 6.42 Å². The van der Waals surface area contributed by atoms with Crippen LogP contribution in [0.15, 0.2) is 49.1 Å². The van der Waals surface area contributed by atoms with Crippen molar-refractivity contribution >= 4 is 12.0 Å². The lowest BCUT2D eigenvalue weighted by Gasteiger charge is -2.34. The van der Waals surface area contributed by atoms with Crippen LogP contribution >= 0.6 is 0 Å². The van der Waals surface area contributed by atoms with Crippen molar-refractivity contribution in [2.45, 2.75) is 6.42 Å². The Hall–Kier alpha value is -1.91. The summed E-state index contributed by atoms with van der Waals surface area (Å²) in [5.41, 5.74) is 1.23. The van der Waals surface area contributed by atoms with Gasteiger partial charge in [-0.05, 0) is 5.56 Å². The Bertz CT molecular complexity index is 505. The average molecular weight is 313 g/mol. The molecule has 1 saturated heterocycles. The highest BCUT2D eigenvalue weighted by molar-refractivity contribution is 5.76. The van der Waals surface area contributed by atoms with Gasteiger partial charge in [0.25, 0.3) is 0 Å². The van der Waals surface area contributed by atoms with Gasteiger partial charge in [-0.3, -0.25) is 9.69 Å². The Morgan fingerprint density at radius 3 is 2.61 bits per heavy atom. The fraction of sp³-hybridized carbons (Fsp3) is 0.421. The van der Waals surface area contributed by atoms with Gasteiger partial charge in [0.05, 0.1) is 0 Å². The number of hydrogen-bond acceptors (Lipinski definition) is 3. The topological polar surface area (TPSA) is 35.6 Å². The molecule has 2 rings (SSSR count). The number of carbonyl (C=O) groups is 1. The summed E-state index contributed by atoms with van der Waals surface area (Å²) >= 11 is 0. The van der Waals surface area contributed by atoms with Crippen LogP contribution in [0.4, 0.5) is 0 Å². The molecule has 1 amide bonds. The van der Waals surface area contributed by atoms with E-state index in [1.165, 1.54) is 5.56 Å². The van der Waals surface area contributed by atoms with Gasteiger partial charge in [0, 0.05) is 52.2 Å². The molecule has 124 valence electrons. The standard InChI is InChI=1S/C19H27N3O/c1-2-11-20-12-10-19(23)22-16-14-21(15-17-22)13-6-9-18-7-4-3-5-8-18/h2-9,20H,1,10-17H2/b9-6+. The zero-order chi connectivity index (χ0) is 16.3. The van der Waals surface area contributed by atoms with E-state index in [-0.39, 0.29) is 5.91 Å². The van der Waals surface area contributed by atoms with Crippen molar-refractivity contribution in [3.8, 4) is 0 Å². The molecule has 1 aliphatic heterocycles. The first-order valence-corrected chi connectivity index (χ1v) is 8.33. The van der Waals surface area contributed by atoms with Crippen LogP contribution < -0.4 is 5.32 Å². The lowest BCUT2D eigenvalue weighted by molar-refractivity contribution is -0.132. The molecule has 0 aliphatic carbocycles. The quantitative estimate of drug-likeness (QED) is 0.589. The van der Waals surface area contributed by atoms with E-state index in [0.717, 1.165) is 45.8 Å². The van der Waals surface area contributed by atoms with Gasteiger partial charge >= 0.3 is 0 Å². The molecule has 0 radical (unpaired) electrons. The SMILES string of the molecule is C=CCNCCC(=O)N1CCN(C/C=C/c2ccccc2)CC1. The van der Waals surface area contributed by atoms with Gasteiger partial charge in [-0.15, -0.1) is 6.58 Å². The van der Waals surface area contributed by atoms with Gasteiger partial charge in [0.2, 0.25) is 5.91 Å². The summed E-state index contributed by atoms with van der Waals surface area (Å²) in [5.74, 6) is 0.251. The van der Waals surface area contributed by atoms with Crippen LogP contribution in [0.1, 0.15) is 12.0 Å². The number of amides is 1. The van der Waals surface area contributed by atoms with Crippen molar-refractivity contribution in [1.29, 1.82) is 0 Å². The van der Waals surface area contributed by atoms with Gasteiger partial charge in [0.15, 0.2) is 0 Å². The summed E-state index contributed by atoms with van der Waals surface area (Å²) in [6.07, 6.45) is 6.74. The van der Waals surface area contributed by atoms with E-state index < -0.39 is 0 Å². The second kappa shape index (κ2) is 9.98. The normalized spacial score (nSPS) is 15.9. The summed E-state index contributed by atoms with van der Waals surface area (Å²) in [4.78, 5) is 16.5. The molecule has 1 fully saturated rings. The molecule has 0 atom stereocenters. The van der Waals surface area contributed by atoms with Crippen LogP contribution in [0, 0.1) is 0 Å². The van der Waals surface area contributed by atoms with Crippen LogP contribution in [0.3, 0.4) is 0 Å². The number of nitrogens with zero attached hydrogens (tertiary/aromatic N) is 2. The Labute approximate surface area is 139 Å². The molecule has 0 aromatic heterocycles. The number of rotatable bonds is 8. The molecule has 0 saturated carbocycles. The number of nitrogens with one attached hydrogen (secondary N) is 1. The van der Waals surface area contributed by atoms with Gasteiger partial charge < -0.3 is 10.2 Å². The molecule has 1 N–H and O–H groups in total. The number of hydrogen-bond donors (Lipinski definition) is 1. The average Bonchev–Trinajstić information content (AvgIpc) is 2.60. The van der Waals surface area contributed by atoms with Crippen LogP contribution in [0.25, 0.3) is 6.08 Å². The third-order valence-corrected chi connectivity index (χ3v) is 4.00. The van der Waals surface area contributed by atoms with E-state index >= 15 is 0 Å². The summed E-state index contributed by atoms with van der Waals surface area (Å²) in [5, 5.41) is 3.17. The number of piperazine rings is 1. The molecule has 4 nitrogen and oxygen atoms in total. The van der Waals surface area contributed by atoms with Gasteiger partial charge in [-0.1, -0.05) is 48.6 Å². The van der Waals surface area contributed by atoms with Crippen molar-refractivity contribution in [3.05, 3.63) is 54.6 Å². The van der Waals surface area contributed by atoms with Crippen molar-refractivity contribution in [3.63, 3.8) is 0 Å². The molecule has 1 aliphatic rings. The molecule has 23 heavy (non-hydrogen) atoms. The molecule has 0 bridgehead atoms. The van der Waals surface area contributed by atoms with E-state index in [1.54, 1.807) is 0 Å². The highest BCUT2D eigenvalue weighted by Crippen LogP contribution is 2.05. The highest BCUT2D eigenvalue weighted by atomic mass is 16.2. The second-order valence-corrected chi connectivity index (χ2v) is 5.74. The van der Waals surface area contributed by atoms with Crippen LogP contribution in [-0.4, -0.2) is 61.5 Å². The van der Waals surface area contributed by atoms with Crippen molar-refractivity contribution in [1.82, 2.24) is 15.1 Å². The molecule has 1 aromatic carbocycles. The molecular formula is C19H27N3O. The van der Waals surface area contributed by atoms with Crippen molar-refractivity contribution in [2.75, 3.05) is 45.8 Å². The zero-order valence-electron chi connectivity index (χ0n) is 13.8. The second-order valence-electron chi connectivity index (χ2n) is 5.74. The highest BCUT2D eigenvalue weighted by Gasteiger charge is 2.19. The van der Waals surface area contributed by atoms with Crippen molar-refractivity contribution in [2.24, 2.45) is 0 Å². The summed E-state index contributed by atoms with van der Waals surface area (Å²) in [6, 6.07) is 10.3. The monoisotopic (exact) mass is 313 g/mol. The maximum absolute atomic E-state index is 12.1. The van der Waals surface area contributed by atoms with Gasteiger partial charge in [-0.25, -0.2) is 0 Å². The molecule has 0 unspecified atom stereocenters. The summed E-state index contributed by atoms with van der Waals surface area (Å²) < 4.78 is 0. The Morgan fingerprint density at radius 2 is 1.91 bits per heavy atom. The third kappa shape index (κ3) is 6.38. The van der Waals surface area contributed by atoms with E-state index in [9.17, 15) is 4.79 Å². The predicted octanol–water partition coefficient (Wildman–Crippen LogP) is 2.01. The Balaban J connectivity index is 1.64. The maximum Gasteiger partial charge on any atom is 0.223 e. The van der Waals surface area contributed by atoms with Crippen LogP contribution in [-0.2, 0) is 4.79 Å². The van der Waals surface area contributed by atoms with E-state index in [1.807, 2.05) is 29.2 Å². The van der Waals surface area contributed by atoms with Crippen LogP contribution in [0.2, 0.25) is 0 Å². The molecule has 4 heteroatoms. The lowest BCUT2D eigenvalue weighted by Crippen LogP contribution is -2.49. The third-order valence-electron chi connectivity index (χ3n) is 4.00. The first kappa shape index (κ1) is 17.4. The predicted molar refractivity (Wildman–Crippen MR) is 96.2 cm³/mol. The van der Waals surface area contributed by atoms with E-state index in [2.05, 4.69) is 41.1 Å². The summed E-state index contributed by atoms with van der Waals surface area (Å²) in [7, 11) is 0. The maximum atomic E-state index is 12.1. The number of benzene rings is 1. The Morgan fingerprint density at radius 1 is 1.17 bits per heavy atom. The van der Waals surface area contributed by atoms with E-state index in [4.69, 9.17) is 0 Å². The molecule has 0 spiro atoms. The van der Waals surface area contributed by atoms with Gasteiger partial charge in [0.1, 0.15) is 0 Å². The zero-order valence-corrected chi connectivity index (χ0v) is 13.8. The minimum atomic E-state index is 0.251. The summed E-state index contributed by atoms with van der Waals surface area (Å²) in [6.45, 7) is 9.64. The molecule has 1 aromatic rings. The van der Waals surface area contributed by atoms with Gasteiger partial charge in [-0.2, -0.15) is 0 Å². The fourth-order valence-corrected chi connectivity index (χ4v) is 2.64.